The summed E-state index contributed by atoms with van der Waals surface area (Å²) in [6, 6.07) is 5.63. The number of aromatic nitrogens is 3. The first-order chi connectivity index (χ1) is 13.1. The Balaban J connectivity index is 0.00000280. The molecule has 2 N–H and O–H groups in total. The summed E-state index contributed by atoms with van der Waals surface area (Å²) in [7, 11) is 5.03. The van der Waals surface area contributed by atoms with E-state index in [2.05, 4.69) is 20.7 Å². The molecule has 3 rings (SSSR count). The van der Waals surface area contributed by atoms with Gasteiger partial charge in [-0.2, -0.15) is 10.1 Å². The smallest absolute Gasteiger partial charge is 0.227 e. The number of carbonyl (C=O) groups is 1. The van der Waals surface area contributed by atoms with E-state index in [0.29, 0.717) is 36.2 Å². The van der Waals surface area contributed by atoms with Gasteiger partial charge < -0.3 is 14.8 Å². The van der Waals surface area contributed by atoms with Crippen molar-refractivity contribution in [3.05, 3.63) is 29.6 Å². The lowest BCUT2D eigenvalue weighted by Gasteiger charge is -2.19. The van der Waals surface area contributed by atoms with Crippen LogP contribution in [0, 0.1) is 0 Å². The molecule has 0 aliphatic carbocycles. The molecule has 2 heterocycles. The summed E-state index contributed by atoms with van der Waals surface area (Å²) in [6.07, 6.45) is 2.97. The Morgan fingerprint density at radius 1 is 1.21 bits per heavy atom. The van der Waals surface area contributed by atoms with Crippen molar-refractivity contribution in [2.75, 3.05) is 32.6 Å². The van der Waals surface area contributed by atoms with Gasteiger partial charge in [-0.25, -0.2) is 4.68 Å². The standard InChI is InChI=1S/C19H27N5O3.ClH/c1-24-19(22-18(23-24)14-6-8-20-9-7-14)21-17(25)5-4-13-10-15(26-2)12-16(11-13)27-3;/h10-12,14,20H,4-9H2,1-3H3,(H,21,22,23,25);1H. The number of carbonyl (C=O) groups excluding carboxylic acids is 1. The summed E-state index contributed by atoms with van der Waals surface area (Å²) in [5.41, 5.74) is 0.981. The lowest BCUT2D eigenvalue weighted by atomic mass is 9.98. The van der Waals surface area contributed by atoms with E-state index < -0.39 is 0 Å². The Morgan fingerprint density at radius 2 is 1.86 bits per heavy atom. The maximum absolute atomic E-state index is 12.4. The van der Waals surface area contributed by atoms with Crippen molar-refractivity contribution < 1.29 is 14.3 Å². The van der Waals surface area contributed by atoms with Crippen molar-refractivity contribution in [2.24, 2.45) is 7.05 Å². The van der Waals surface area contributed by atoms with Crippen LogP contribution in [0.3, 0.4) is 0 Å². The van der Waals surface area contributed by atoms with Crippen LogP contribution in [-0.2, 0) is 18.3 Å². The van der Waals surface area contributed by atoms with Gasteiger partial charge in [-0.3, -0.25) is 10.1 Å². The monoisotopic (exact) mass is 409 g/mol. The molecule has 9 heteroatoms. The average Bonchev–Trinajstić information content (AvgIpc) is 3.07. The summed E-state index contributed by atoms with van der Waals surface area (Å²) in [5.74, 6) is 2.99. The quantitative estimate of drug-likeness (QED) is 0.729. The molecule has 0 saturated carbocycles. The molecule has 1 aromatic carbocycles. The van der Waals surface area contributed by atoms with Gasteiger partial charge in [0.1, 0.15) is 11.5 Å². The van der Waals surface area contributed by atoms with E-state index in [1.54, 1.807) is 25.9 Å². The second-order valence-electron chi connectivity index (χ2n) is 6.71. The molecule has 28 heavy (non-hydrogen) atoms. The van der Waals surface area contributed by atoms with Crippen molar-refractivity contribution in [1.82, 2.24) is 20.1 Å². The van der Waals surface area contributed by atoms with Gasteiger partial charge in [-0.05, 0) is 50.0 Å². The number of amides is 1. The molecule has 0 unspecified atom stereocenters. The molecule has 2 aromatic rings. The zero-order valence-corrected chi connectivity index (χ0v) is 17.3. The van der Waals surface area contributed by atoms with Crippen LogP contribution in [-0.4, -0.2) is 48.0 Å². The Kier molecular flexibility index (Phi) is 8.07. The zero-order valence-electron chi connectivity index (χ0n) is 16.5. The molecule has 1 aromatic heterocycles. The molecule has 1 saturated heterocycles. The highest BCUT2D eigenvalue weighted by Gasteiger charge is 2.21. The van der Waals surface area contributed by atoms with Crippen LogP contribution in [0.5, 0.6) is 11.5 Å². The Labute approximate surface area is 171 Å². The van der Waals surface area contributed by atoms with Crippen molar-refractivity contribution in [3.63, 3.8) is 0 Å². The average molecular weight is 410 g/mol. The Bertz CT molecular complexity index is 768. The third kappa shape index (κ3) is 5.59. The van der Waals surface area contributed by atoms with Crippen LogP contribution in [0.1, 0.15) is 36.6 Å². The molecule has 0 spiro atoms. The highest BCUT2D eigenvalue weighted by atomic mass is 35.5. The number of rotatable bonds is 7. The van der Waals surface area contributed by atoms with Crippen LogP contribution < -0.4 is 20.1 Å². The first-order valence-electron chi connectivity index (χ1n) is 9.22. The zero-order chi connectivity index (χ0) is 19.2. The lowest BCUT2D eigenvalue weighted by molar-refractivity contribution is -0.116. The molecule has 1 aliphatic heterocycles. The molecule has 0 bridgehead atoms. The van der Waals surface area contributed by atoms with Gasteiger partial charge in [-0.15, -0.1) is 12.4 Å². The molecule has 1 fully saturated rings. The largest absolute Gasteiger partial charge is 0.497 e. The summed E-state index contributed by atoms with van der Waals surface area (Å²) in [6.45, 7) is 1.96. The molecule has 0 radical (unpaired) electrons. The van der Waals surface area contributed by atoms with E-state index in [1.807, 2.05) is 18.2 Å². The minimum Gasteiger partial charge on any atom is -0.497 e. The van der Waals surface area contributed by atoms with Crippen LogP contribution in [0.25, 0.3) is 0 Å². The third-order valence-corrected chi connectivity index (χ3v) is 4.79. The number of hydrogen-bond donors (Lipinski definition) is 2. The molecule has 8 nitrogen and oxygen atoms in total. The number of benzene rings is 1. The summed E-state index contributed by atoms with van der Waals surface area (Å²) >= 11 is 0. The van der Waals surface area contributed by atoms with Crippen molar-refractivity contribution >= 4 is 24.3 Å². The van der Waals surface area contributed by atoms with Crippen LogP contribution in [0.4, 0.5) is 5.95 Å². The summed E-state index contributed by atoms with van der Waals surface area (Å²) < 4.78 is 12.2. The number of nitrogens with zero attached hydrogens (tertiary/aromatic N) is 3. The van der Waals surface area contributed by atoms with Gasteiger partial charge in [0.25, 0.3) is 0 Å². The third-order valence-electron chi connectivity index (χ3n) is 4.79. The molecular formula is C19H28ClN5O3. The van der Waals surface area contributed by atoms with Gasteiger partial charge in [0.05, 0.1) is 14.2 Å². The maximum atomic E-state index is 12.4. The van der Waals surface area contributed by atoms with Gasteiger partial charge in [-0.1, -0.05) is 0 Å². The minimum absolute atomic E-state index is 0. The van der Waals surface area contributed by atoms with E-state index in [0.717, 1.165) is 37.3 Å². The fourth-order valence-electron chi connectivity index (χ4n) is 3.22. The van der Waals surface area contributed by atoms with E-state index in [4.69, 9.17) is 9.47 Å². The van der Waals surface area contributed by atoms with E-state index >= 15 is 0 Å². The number of anilines is 1. The number of halogens is 1. The second kappa shape index (κ2) is 10.3. The van der Waals surface area contributed by atoms with E-state index in [-0.39, 0.29) is 18.3 Å². The number of piperidine rings is 1. The van der Waals surface area contributed by atoms with Crippen molar-refractivity contribution in [2.45, 2.75) is 31.6 Å². The summed E-state index contributed by atoms with van der Waals surface area (Å²) in [4.78, 5) is 16.9. The SMILES string of the molecule is COc1cc(CCC(=O)Nc2nc(C3CCNCC3)nn2C)cc(OC)c1.Cl. The molecule has 154 valence electrons. The first kappa shape index (κ1) is 22.0. The van der Waals surface area contributed by atoms with Gasteiger partial charge in [0, 0.05) is 25.5 Å². The number of hydrogen-bond acceptors (Lipinski definition) is 6. The topological polar surface area (TPSA) is 90.3 Å². The number of aryl methyl sites for hydroxylation is 2. The maximum Gasteiger partial charge on any atom is 0.227 e. The predicted octanol–water partition coefficient (Wildman–Crippen LogP) is 2.29. The van der Waals surface area contributed by atoms with Gasteiger partial charge in [0.2, 0.25) is 11.9 Å². The molecule has 1 amide bonds. The summed E-state index contributed by atoms with van der Waals surface area (Å²) in [5, 5.41) is 10.7. The number of methoxy groups -OCH3 is 2. The fourth-order valence-corrected chi connectivity index (χ4v) is 3.22. The van der Waals surface area contributed by atoms with Gasteiger partial charge in [0.15, 0.2) is 5.82 Å². The lowest BCUT2D eigenvalue weighted by Crippen LogP contribution is -2.27. The van der Waals surface area contributed by atoms with Crippen LogP contribution >= 0.6 is 12.4 Å². The Morgan fingerprint density at radius 3 is 2.46 bits per heavy atom. The molecule has 1 aliphatic rings. The van der Waals surface area contributed by atoms with E-state index in [9.17, 15) is 4.79 Å². The fraction of sp³-hybridized carbons (Fsp3) is 0.526. The second-order valence-corrected chi connectivity index (χ2v) is 6.71. The van der Waals surface area contributed by atoms with E-state index in [1.165, 1.54) is 0 Å². The number of nitrogens with one attached hydrogen (secondary N) is 2. The highest BCUT2D eigenvalue weighted by Crippen LogP contribution is 2.24. The minimum atomic E-state index is -0.0934. The predicted molar refractivity (Wildman–Crippen MR) is 110 cm³/mol. The Hall–Kier alpha value is -2.32. The molecular weight excluding hydrogens is 382 g/mol. The highest BCUT2D eigenvalue weighted by molar-refractivity contribution is 5.89. The normalized spacial score (nSPS) is 14.2. The van der Waals surface area contributed by atoms with Crippen molar-refractivity contribution in [3.8, 4) is 11.5 Å². The van der Waals surface area contributed by atoms with Crippen LogP contribution in [0.2, 0.25) is 0 Å². The first-order valence-corrected chi connectivity index (χ1v) is 9.22. The van der Waals surface area contributed by atoms with Gasteiger partial charge >= 0.3 is 0 Å². The van der Waals surface area contributed by atoms with Crippen LogP contribution in [0.15, 0.2) is 18.2 Å². The number of ether oxygens (including phenoxy) is 2. The van der Waals surface area contributed by atoms with Crippen molar-refractivity contribution in [1.29, 1.82) is 0 Å². The molecule has 0 atom stereocenters.